The fourth-order valence-electron chi connectivity index (χ4n) is 4.14. The van der Waals surface area contributed by atoms with Gasteiger partial charge in [0, 0.05) is 12.2 Å². The summed E-state index contributed by atoms with van der Waals surface area (Å²) in [6.07, 6.45) is 24.9. The monoisotopic (exact) mass is 442 g/mol. The van der Waals surface area contributed by atoms with Crippen LogP contribution in [0.2, 0.25) is 0 Å². The molecule has 1 rings (SSSR count). The van der Waals surface area contributed by atoms with Crippen molar-refractivity contribution in [1.29, 1.82) is 0 Å². The molecule has 0 aromatic heterocycles. The van der Waals surface area contributed by atoms with Crippen LogP contribution in [0.3, 0.4) is 0 Å². The summed E-state index contributed by atoms with van der Waals surface area (Å²) in [5.41, 5.74) is 3.41. The normalized spacial score (nSPS) is 11.2. The van der Waals surface area contributed by atoms with Gasteiger partial charge in [-0.3, -0.25) is 0 Å². The van der Waals surface area contributed by atoms with Crippen molar-refractivity contribution in [2.45, 2.75) is 124 Å². The summed E-state index contributed by atoms with van der Waals surface area (Å²) >= 11 is 0. The van der Waals surface area contributed by atoms with Gasteiger partial charge in [0.25, 0.3) is 0 Å². The van der Waals surface area contributed by atoms with Crippen molar-refractivity contribution in [1.82, 2.24) is 5.32 Å². The molecule has 0 fully saturated rings. The first-order valence-electron chi connectivity index (χ1n) is 13.5. The summed E-state index contributed by atoms with van der Waals surface area (Å²) in [5.74, 6) is 0. The first kappa shape index (κ1) is 28.3. The van der Waals surface area contributed by atoms with Crippen LogP contribution in [0.1, 0.15) is 122 Å². The molecule has 0 saturated carbocycles. The molecular formula is C29H50N2O. The zero-order valence-corrected chi connectivity index (χ0v) is 21.3. The molecule has 0 aliphatic rings. The molecule has 0 atom stereocenters. The Bertz CT molecular complexity index is 601. The molecule has 0 saturated heterocycles. The molecule has 182 valence electrons. The number of benzene rings is 1. The molecule has 32 heavy (non-hydrogen) atoms. The Labute approximate surface area is 198 Å². The van der Waals surface area contributed by atoms with Gasteiger partial charge in [0.15, 0.2) is 0 Å². The minimum Gasteiger partial charge on any atom is -0.338 e. The standard InChI is InChI=1S/C29H50N2O/c1-4-7-8-9-10-11-12-13-14-15-16-17-18-19-20-21-25-30-29(32)31-28-26(5-2)23-22-24-27(28)6-3/h13-14,22-24H,4-12,15-21,25H2,1-3H3,(H2,30,31,32). The van der Waals surface area contributed by atoms with Gasteiger partial charge in [0.2, 0.25) is 0 Å². The average molecular weight is 443 g/mol. The smallest absolute Gasteiger partial charge is 0.319 e. The van der Waals surface area contributed by atoms with Crippen LogP contribution in [0, 0.1) is 0 Å². The quantitative estimate of drug-likeness (QED) is 0.163. The van der Waals surface area contributed by atoms with Crippen molar-refractivity contribution in [2.75, 3.05) is 11.9 Å². The predicted octanol–water partition coefficient (Wildman–Crippen LogP) is 8.97. The lowest BCUT2D eigenvalue weighted by Gasteiger charge is -2.15. The number of urea groups is 1. The second-order valence-corrected chi connectivity index (χ2v) is 8.98. The van der Waals surface area contributed by atoms with E-state index in [1.807, 2.05) is 0 Å². The third kappa shape index (κ3) is 13.6. The Hall–Kier alpha value is -1.77. The van der Waals surface area contributed by atoms with Gasteiger partial charge in [-0.25, -0.2) is 4.79 Å². The molecule has 0 radical (unpaired) electrons. The van der Waals surface area contributed by atoms with Crippen LogP contribution in [0.4, 0.5) is 10.5 Å². The molecule has 0 unspecified atom stereocenters. The van der Waals surface area contributed by atoms with E-state index in [2.05, 4.69) is 61.8 Å². The van der Waals surface area contributed by atoms with Gasteiger partial charge in [-0.15, -0.1) is 0 Å². The van der Waals surface area contributed by atoms with Crippen molar-refractivity contribution in [3.63, 3.8) is 0 Å². The van der Waals surface area contributed by atoms with E-state index >= 15 is 0 Å². The zero-order chi connectivity index (χ0) is 23.3. The van der Waals surface area contributed by atoms with Gasteiger partial charge in [0.1, 0.15) is 0 Å². The summed E-state index contributed by atoms with van der Waals surface area (Å²) in [7, 11) is 0. The highest BCUT2D eigenvalue weighted by molar-refractivity contribution is 5.91. The fraction of sp³-hybridized carbons (Fsp3) is 0.690. The van der Waals surface area contributed by atoms with Crippen LogP contribution in [0.5, 0.6) is 0 Å². The Balaban J connectivity index is 1.97. The number of nitrogens with one attached hydrogen (secondary N) is 2. The van der Waals surface area contributed by atoms with Crippen molar-refractivity contribution >= 4 is 11.7 Å². The lowest BCUT2D eigenvalue weighted by atomic mass is 10.0. The number of carbonyl (C=O) groups is 1. The second-order valence-electron chi connectivity index (χ2n) is 8.98. The van der Waals surface area contributed by atoms with Gasteiger partial charge in [-0.2, -0.15) is 0 Å². The maximum absolute atomic E-state index is 12.3. The molecule has 0 bridgehead atoms. The van der Waals surface area contributed by atoms with E-state index in [1.165, 1.54) is 94.6 Å². The van der Waals surface area contributed by atoms with Gasteiger partial charge < -0.3 is 10.6 Å². The minimum absolute atomic E-state index is 0.0756. The lowest BCUT2D eigenvalue weighted by molar-refractivity contribution is 0.252. The van der Waals surface area contributed by atoms with Gasteiger partial charge in [-0.1, -0.05) is 109 Å². The highest BCUT2D eigenvalue weighted by atomic mass is 16.2. The van der Waals surface area contributed by atoms with Gasteiger partial charge in [-0.05, 0) is 56.1 Å². The van der Waals surface area contributed by atoms with Crippen LogP contribution >= 0.6 is 0 Å². The topological polar surface area (TPSA) is 41.1 Å². The summed E-state index contributed by atoms with van der Waals surface area (Å²) in [5, 5.41) is 6.10. The number of carbonyl (C=O) groups excluding carboxylic acids is 1. The van der Waals surface area contributed by atoms with Crippen LogP contribution in [-0.2, 0) is 12.8 Å². The minimum atomic E-state index is -0.0756. The number of amides is 2. The van der Waals surface area contributed by atoms with E-state index in [4.69, 9.17) is 0 Å². The third-order valence-electron chi connectivity index (χ3n) is 6.21. The number of anilines is 1. The summed E-state index contributed by atoms with van der Waals surface area (Å²) in [6.45, 7) is 7.29. The predicted molar refractivity (Wildman–Crippen MR) is 142 cm³/mol. The van der Waals surface area contributed by atoms with Crippen LogP contribution in [-0.4, -0.2) is 12.6 Å². The molecular weight excluding hydrogens is 392 g/mol. The number of hydrogen-bond acceptors (Lipinski definition) is 1. The van der Waals surface area contributed by atoms with Crippen molar-refractivity contribution < 1.29 is 4.79 Å². The summed E-state index contributed by atoms with van der Waals surface area (Å²) in [6, 6.07) is 6.20. The Morgan fingerprint density at radius 1 is 0.719 bits per heavy atom. The number of allylic oxidation sites excluding steroid dienone is 2. The first-order valence-corrected chi connectivity index (χ1v) is 13.5. The van der Waals surface area contributed by atoms with E-state index in [0.717, 1.165) is 31.5 Å². The second kappa shape index (κ2) is 19.9. The highest BCUT2D eigenvalue weighted by Gasteiger charge is 2.09. The molecule has 2 amide bonds. The molecule has 3 nitrogen and oxygen atoms in total. The fourth-order valence-corrected chi connectivity index (χ4v) is 4.14. The number of para-hydroxylation sites is 1. The van der Waals surface area contributed by atoms with Crippen molar-refractivity contribution in [3.05, 3.63) is 41.5 Å². The van der Waals surface area contributed by atoms with E-state index < -0.39 is 0 Å². The Kier molecular flexibility index (Phi) is 17.6. The number of rotatable bonds is 19. The molecule has 1 aromatic rings. The molecule has 0 aliphatic heterocycles. The van der Waals surface area contributed by atoms with Gasteiger partial charge in [0.05, 0.1) is 0 Å². The molecule has 3 heteroatoms. The largest absolute Gasteiger partial charge is 0.338 e. The van der Waals surface area contributed by atoms with E-state index in [-0.39, 0.29) is 6.03 Å². The number of hydrogen-bond donors (Lipinski definition) is 2. The Morgan fingerprint density at radius 2 is 1.22 bits per heavy atom. The lowest BCUT2D eigenvalue weighted by Crippen LogP contribution is -2.30. The summed E-state index contributed by atoms with van der Waals surface area (Å²) in [4.78, 5) is 12.3. The van der Waals surface area contributed by atoms with Crippen LogP contribution in [0.25, 0.3) is 0 Å². The summed E-state index contributed by atoms with van der Waals surface area (Å²) < 4.78 is 0. The van der Waals surface area contributed by atoms with E-state index in [9.17, 15) is 4.79 Å². The highest BCUT2D eigenvalue weighted by Crippen LogP contribution is 2.22. The maximum Gasteiger partial charge on any atom is 0.319 e. The first-order chi connectivity index (χ1) is 15.7. The SMILES string of the molecule is CCCCCCCCC=CCCCCCCCCNC(=O)Nc1c(CC)cccc1CC. The zero-order valence-electron chi connectivity index (χ0n) is 21.3. The molecule has 2 N–H and O–H groups in total. The maximum atomic E-state index is 12.3. The number of aryl methyl sites for hydroxylation is 2. The van der Waals surface area contributed by atoms with Gasteiger partial charge >= 0.3 is 6.03 Å². The Morgan fingerprint density at radius 3 is 1.75 bits per heavy atom. The van der Waals surface area contributed by atoms with Crippen LogP contribution in [0.15, 0.2) is 30.4 Å². The third-order valence-corrected chi connectivity index (χ3v) is 6.21. The van der Waals surface area contributed by atoms with Crippen LogP contribution < -0.4 is 10.6 Å². The molecule has 0 heterocycles. The van der Waals surface area contributed by atoms with E-state index in [1.54, 1.807) is 0 Å². The molecule has 1 aromatic carbocycles. The van der Waals surface area contributed by atoms with Crippen molar-refractivity contribution in [3.8, 4) is 0 Å². The molecule has 0 spiro atoms. The molecule has 0 aliphatic carbocycles. The van der Waals surface area contributed by atoms with Crippen molar-refractivity contribution in [2.24, 2.45) is 0 Å². The van der Waals surface area contributed by atoms with E-state index in [0.29, 0.717) is 0 Å². The number of unbranched alkanes of at least 4 members (excludes halogenated alkanes) is 12. The average Bonchev–Trinajstić information content (AvgIpc) is 2.81.